The number of ether oxygens (including phenoxy) is 2. The lowest BCUT2D eigenvalue weighted by Crippen LogP contribution is -2.70. The molecule has 32 heavy (non-hydrogen) atoms. The van der Waals surface area contributed by atoms with E-state index in [0.717, 1.165) is 29.8 Å². The molecule has 0 unspecified atom stereocenters. The first kappa shape index (κ1) is 22.7. The maximum absolute atomic E-state index is 12.8. The highest BCUT2D eigenvalue weighted by atomic mass is 32.2. The van der Waals surface area contributed by atoms with Gasteiger partial charge in [0.2, 0.25) is 11.7 Å². The molecule has 176 valence electrons. The molecule has 1 saturated carbocycles. The minimum atomic E-state index is -0.762. The van der Waals surface area contributed by atoms with Gasteiger partial charge in [0.25, 0.3) is 0 Å². The van der Waals surface area contributed by atoms with Crippen LogP contribution in [0.1, 0.15) is 59.3 Å². The average Bonchev–Trinajstić information content (AvgIpc) is 3.01. The second-order valence-electron chi connectivity index (χ2n) is 10.2. The predicted molar refractivity (Wildman–Crippen MR) is 123 cm³/mol. The van der Waals surface area contributed by atoms with Gasteiger partial charge >= 0.3 is 0 Å². The van der Waals surface area contributed by atoms with Crippen molar-refractivity contribution in [3.8, 4) is 0 Å². The minimum Gasteiger partial charge on any atom is -0.346 e. The zero-order chi connectivity index (χ0) is 22.5. The summed E-state index contributed by atoms with van der Waals surface area (Å²) >= 11 is 1.63. The van der Waals surface area contributed by atoms with Crippen molar-refractivity contribution in [2.24, 2.45) is 23.7 Å². The molecule has 5 aliphatic rings. The average molecular weight is 462 g/mol. The summed E-state index contributed by atoms with van der Waals surface area (Å²) in [5.41, 5.74) is 0.330. The van der Waals surface area contributed by atoms with E-state index in [-0.39, 0.29) is 17.9 Å². The maximum atomic E-state index is 12.8. The van der Waals surface area contributed by atoms with Crippen LogP contribution in [0.15, 0.2) is 29.2 Å². The van der Waals surface area contributed by atoms with Gasteiger partial charge in [-0.25, -0.2) is 9.78 Å². The van der Waals surface area contributed by atoms with Crippen molar-refractivity contribution < 1.29 is 24.0 Å². The van der Waals surface area contributed by atoms with E-state index < -0.39 is 17.7 Å². The fraction of sp³-hybridized carbons (Fsp3) is 0.720. The van der Waals surface area contributed by atoms with Crippen LogP contribution in [0.2, 0.25) is 0 Å². The summed E-state index contributed by atoms with van der Waals surface area (Å²) in [6.45, 7) is 6.52. The van der Waals surface area contributed by atoms with Crippen LogP contribution in [-0.2, 0) is 24.0 Å². The minimum absolute atomic E-state index is 0.0209. The largest absolute Gasteiger partial charge is 0.346 e. The molecule has 2 bridgehead atoms. The number of carbonyl (C=O) groups is 1. The molecule has 4 heterocycles. The van der Waals surface area contributed by atoms with Crippen LogP contribution in [0.25, 0.3) is 0 Å². The standard InChI is InChI=1S/C25H35NO5S/c1-15-9-10-18-16(2)20(11-12-22(27)26-19-7-5-6-8-21(19)32-4)28-23-25(18)17(15)13-14-24(3,29-23)30-31-25/h5-8,15-18,20,23H,9-14H2,1-4H3,(H,26,27)/t15-,16-,17+,18+,20-,23-,24+,25-/m1/s1. The number of rotatable bonds is 5. The Balaban J connectivity index is 1.31. The molecule has 1 spiro atoms. The van der Waals surface area contributed by atoms with Crippen LogP contribution in [-0.4, -0.2) is 35.9 Å². The summed E-state index contributed by atoms with van der Waals surface area (Å²) in [6, 6.07) is 7.90. The number of benzene rings is 1. The van der Waals surface area contributed by atoms with E-state index in [1.807, 2.05) is 37.4 Å². The zero-order valence-corrected chi connectivity index (χ0v) is 20.3. The lowest BCUT2D eigenvalue weighted by molar-refractivity contribution is -0.571. The number of nitrogens with one attached hydrogen (secondary N) is 1. The van der Waals surface area contributed by atoms with Crippen molar-refractivity contribution in [1.29, 1.82) is 0 Å². The van der Waals surface area contributed by atoms with Crippen molar-refractivity contribution in [3.05, 3.63) is 24.3 Å². The second-order valence-corrected chi connectivity index (χ2v) is 11.1. The highest BCUT2D eigenvalue weighted by Crippen LogP contribution is 2.60. The molecule has 0 aromatic heterocycles. The van der Waals surface area contributed by atoms with Gasteiger partial charge in [-0.3, -0.25) is 4.79 Å². The number of anilines is 1. The lowest BCUT2D eigenvalue weighted by Gasteiger charge is -2.60. The Morgan fingerprint density at radius 3 is 2.78 bits per heavy atom. The number of hydrogen-bond acceptors (Lipinski definition) is 6. The molecule has 1 aliphatic carbocycles. The van der Waals surface area contributed by atoms with Crippen LogP contribution < -0.4 is 5.32 Å². The van der Waals surface area contributed by atoms with E-state index in [1.54, 1.807) is 11.8 Å². The number of thioether (sulfide) groups is 1. The molecular formula is C25H35NO5S. The molecule has 1 aromatic rings. The van der Waals surface area contributed by atoms with Gasteiger partial charge in [0.1, 0.15) is 0 Å². The number of para-hydroxylation sites is 1. The van der Waals surface area contributed by atoms with Crippen molar-refractivity contribution in [1.82, 2.24) is 0 Å². The van der Waals surface area contributed by atoms with Gasteiger partial charge in [0, 0.05) is 23.7 Å². The fourth-order valence-corrected chi connectivity index (χ4v) is 7.10. The molecule has 0 radical (unpaired) electrons. The Hall–Kier alpha value is -1.12. The van der Waals surface area contributed by atoms with Gasteiger partial charge in [0.05, 0.1) is 11.8 Å². The van der Waals surface area contributed by atoms with E-state index >= 15 is 0 Å². The highest BCUT2D eigenvalue weighted by molar-refractivity contribution is 7.98. The molecule has 7 heteroatoms. The molecule has 1 amide bonds. The SMILES string of the molecule is CSc1ccccc1NC(=O)CC[C@H]1O[C@@H]2O[C@]3(C)CC[C@H]4[C@H](C)CC[C@@H]([C@H]1C)[C@@]24OO3. The van der Waals surface area contributed by atoms with Gasteiger partial charge in [-0.05, 0) is 68.7 Å². The Labute approximate surface area is 195 Å². The summed E-state index contributed by atoms with van der Waals surface area (Å²) in [6.07, 6.45) is 6.72. The molecule has 5 fully saturated rings. The fourth-order valence-electron chi connectivity index (χ4n) is 6.54. The molecule has 4 saturated heterocycles. The van der Waals surface area contributed by atoms with E-state index in [0.29, 0.717) is 30.6 Å². The monoisotopic (exact) mass is 461 g/mol. The Morgan fingerprint density at radius 1 is 1.16 bits per heavy atom. The van der Waals surface area contributed by atoms with Crippen LogP contribution in [0.5, 0.6) is 0 Å². The first-order valence-corrected chi connectivity index (χ1v) is 13.2. The third-order valence-electron chi connectivity index (χ3n) is 8.33. The Bertz CT molecular complexity index is 866. The van der Waals surface area contributed by atoms with Crippen LogP contribution >= 0.6 is 11.8 Å². The zero-order valence-electron chi connectivity index (χ0n) is 19.5. The summed E-state index contributed by atoms with van der Waals surface area (Å²) in [4.78, 5) is 25.9. The molecule has 8 atom stereocenters. The summed E-state index contributed by atoms with van der Waals surface area (Å²) in [7, 11) is 0. The third-order valence-corrected chi connectivity index (χ3v) is 9.13. The van der Waals surface area contributed by atoms with Gasteiger partial charge in [-0.1, -0.05) is 26.0 Å². The highest BCUT2D eigenvalue weighted by Gasteiger charge is 2.69. The van der Waals surface area contributed by atoms with Crippen molar-refractivity contribution in [3.63, 3.8) is 0 Å². The molecule has 4 aliphatic heterocycles. The van der Waals surface area contributed by atoms with Gasteiger partial charge in [-0.2, -0.15) is 0 Å². The number of hydrogen-bond donors (Lipinski definition) is 1. The number of carbonyl (C=O) groups excluding carboxylic acids is 1. The molecular weight excluding hydrogens is 426 g/mol. The predicted octanol–water partition coefficient (Wildman–Crippen LogP) is 5.38. The topological polar surface area (TPSA) is 66.0 Å². The summed E-state index contributed by atoms with van der Waals surface area (Å²) in [5, 5.41) is 3.07. The molecule has 6 nitrogen and oxygen atoms in total. The van der Waals surface area contributed by atoms with Gasteiger partial charge < -0.3 is 14.8 Å². The quantitative estimate of drug-likeness (QED) is 0.469. The first-order valence-electron chi connectivity index (χ1n) is 12.0. The molecule has 1 N–H and O–H groups in total. The Morgan fingerprint density at radius 2 is 1.97 bits per heavy atom. The molecule has 1 aromatic carbocycles. The molecule has 6 rings (SSSR count). The van der Waals surface area contributed by atoms with E-state index in [2.05, 4.69) is 19.2 Å². The van der Waals surface area contributed by atoms with Crippen molar-refractivity contribution in [2.75, 3.05) is 11.6 Å². The second kappa shape index (κ2) is 8.58. The maximum Gasteiger partial charge on any atom is 0.224 e. The van der Waals surface area contributed by atoms with Gasteiger partial charge in [-0.15, -0.1) is 11.8 Å². The van der Waals surface area contributed by atoms with Crippen molar-refractivity contribution in [2.45, 2.75) is 88.0 Å². The van der Waals surface area contributed by atoms with Crippen LogP contribution in [0.3, 0.4) is 0 Å². The van der Waals surface area contributed by atoms with E-state index in [1.165, 1.54) is 6.42 Å². The number of fused-ring (bicyclic) bond motifs is 2. The Kier molecular flexibility index (Phi) is 6.08. The smallest absolute Gasteiger partial charge is 0.224 e. The lowest BCUT2D eigenvalue weighted by atomic mass is 9.57. The van der Waals surface area contributed by atoms with Crippen molar-refractivity contribution >= 4 is 23.4 Å². The first-order chi connectivity index (χ1) is 15.4. The van der Waals surface area contributed by atoms with Crippen LogP contribution in [0, 0.1) is 23.7 Å². The summed E-state index contributed by atoms with van der Waals surface area (Å²) < 4.78 is 13.0. The van der Waals surface area contributed by atoms with Gasteiger partial charge in [0.15, 0.2) is 11.9 Å². The third kappa shape index (κ3) is 3.70. The van der Waals surface area contributed by atoms with Crippen LogP contribution in [0.4, 0.5) is 5.69 Å². The summed E-state index contributed by atoms with van der Waals surface area (Å²) in [5.74, 6) is 0.744. The van der Waals surface area contributed by atoms with E-state index in [4.69, 9.17) is 19.2 Å². The normalized spacial score (nSPS) is 42.8. The van der Waals surface area contributed by atoms with E-state index in [9.17, 15) is 4.79 Å². The number of amides is 1.